The van der Waals surface area contributed by atoms with Gasteiger partial charge in [0, 0.05) is 28.9 Å². The molecule has 0 saturated heterocycles. The first-order valence-corrected chi connectivity index (χ1v) is 11.0. The van der Waals surface area contributed by atoms with Crippen LogP contribution in [0.2, 0.25) is 0 Å². The maximum Gasteiger partial charge on any atom is 0.230 e. The van der Waals surface area contributed by atoms with Crippen LogP contribution in [0.5, 0.6) is 0 Å². The molecule has 0 radical (unpaired) electrons. The largest absolute Gasteiger partial charge is 0.399 e. The quantitative estimate of drug-likeness (QED) is 0.207. The molecule has 0 saturated carbocycles. The fourth-order valence-corrected chi connectivity index (χ4v) is 3.67. The van der Waals surface area contributed by atoms with Crippen molar-refractivity contribution < 1.29 is 9.59 Å². The molecule has 4 N–H and O–H groups in total. The summed E-state index contributed by atoms with van der Waals surface area (Å²) in [6, 6.07) is 17.2. The second-order valence-corrected chi connectivity index (χ2v) is 8.03. The molecule has 0 unspecified atom stereocenters. The maximum atomic E-state index is 12.1. The number of benzene rings is 2. The predicted molar refractivity (Wildman–Crippen MR) is 138 cm³/mol. The van der Waals surface area contributed by atoms with E-state index in [-0.39, 0.29) is 36.6 Å². The summed E-state index contributed by atoms with van der Waals surface area (Å²) in [6.07, 6.45) is 4.65. The van der Waals surface area contributed by atoms with E-state index >= 15 is 0 Å². The van der Waals surface area contributed by atoms with Gasteiger partial charge in [-0.05, 0) is 49.2 Å². The number of unbranched alkanes of at least 4 members (excludes halogenated alkanes) is 2. The van der Waals surface area contributed by atoms with Crippen LogP contribution in [-0.4, -0.2) is 29.1 Å². The average molecular weight is 495 g/mol. The molecule has 2 aromatic carbocycles. The number of thioether (sulfide) groups is 1. The average Bonchev–Trinajstić information content (AvgIpc) is 2.75. The summed E-state index contributed by atoms with van der Waals surface area (Å²) in [5.41, 5.74) is 7.98. The molecule has 0 bridgehead atoms. The van der Waals surface area contributed by atoms with Crippen molar-refractivity contribution in [2.45, 2.75) is 30.6 Å². The molecule has 0 atom stereocenters. The number of carbonyl (C=O) groups is 2. The SMILES string of the molecule is Cl.Cl.Nc1ccc(SCC(=O)NCCCCCC(=O)Nc2cnc3ccccc3c2)cc1. The summed E-state index contributed by atoms with van der Waals surface area (Å²) >= 11 is 1.49. The van der Waals surface area contributed by atoms with Crippen LogP contribution in [0, 0.1) is 0 Å². The molecule has 0 aliphatic carbocycles. The Hall–Kier alpha value is -2.48. The minimum Gasteiger partial charge on any atom is -0.399 e. The van der Waals surface area contributed by atoms with Gasteiger partial charge in [0.15, 0.2) is 0 Å². The van der Waals surface area contributed by atoms with Gasteiger partial charge >= 0.3 is 0 Å². The first-order chi connectivity index (χ1) is 14.6. The van der Waals surface area contributed by atoms with E-state index in [9.17, 15) is 9.59 Å². The number of nitrogen functional groups attached to an aromatic ring is 1. The van der Waals surface area contributed by atoms with Crippen molar-refractivity contribution in [2.75, 3.05) is 23.3 Å². The zero-order valence-corrected chi connectivity index (χ0v) is 20.0. The Bertz CT molecular complexity index is 1000. The zero-order chi connectivity index (χ0) is 21.2. The van der Waals surface area contributed by atoms with Crippen molar-refractivity contribution in [3.8, 4) is 0 Å². The van der Waals surface area contributed by atoms with E-state index in [2.05, 4.69) is 15.6 Å². The van der Waals surface area contributed by atoms with E-state index in [0.29, 0.717) is 30.1 Å². The normalized spacial score (nSPS) is 10.0. The minimum atomic E-state index is -0.0176. The summed E-state index contributed by atoms with van der Waals surface area (Å²) in [5.74, 6) is 0.376. The number of nitrogens with zero attached hydrogens (tertiary/aromatic N) is 1. The molecule has 0 spiro atoms. The van der Waals surface area contributed by atoms with Crippen LogP contribution in [0.4, 0.5) is 11.4 Å². The van der Waals surface area contributed by atoms with Gasteiger partial charge in [0.05, 0.1) is 23.2 Å². The summed E-state index contributed by atoms with van der Waals surface area (Å²) in [4.78, 5) is 29.4. The van der Waals surface area contributed by atoms with E-state index in [1.54, 1.807) is 6.20 Å². The topological polar surface area (TPSA) is 97.1 Å². The molecule has 0 aliphatic rings. The summed E-state index contributed by atoms with van der Waals surface area (Å²) in [6.45, 7) is 0.622. The van der Waals surface area contributed by atoms with Gasteiger partial charge in [-0.1, -0.05) is 24.6 Å². The number of pyridine rings is 1. The van der Waals surface area contributed by atoms with Crippen molar-refractivity contribution in [3.63, 3.8) is 0 Å². The van der Waals surface area contributed by atoms with Crippen molar-refractivity contribution in [1.29, 1.82) is 0 Å². The minimum absolute atomic E-state index is 0. The van der Waals surface area contributed by atoms with Crippen LogP contribution >= 0.6 is 36.6 Å². The number of hydrogen-bond acceptors (Lipinski definition) is 5. The first kappa shape index (κ1) is 27.6. The number of fused-ring (bicyclic) bond motifs is 1. The highest BCUT2D eigenvalue weighted by atomic mass is 35.5. The second-order valence-electron chi connectivity index (χ2n) is 6.98. The smallest absolute Gasteiger partial charge is 0.230 e. The van der Waals surface area contributed by atoms with Gasteiger partial charge in [0.1, 0.15) is 0 Å². The van der Waals surface area contributed by atoms with Crippen LogP contribution < -0.4 is 16.4 Å². The number of para-hydroxylation sites is 1. The van der Waals surface area contributed by atoms with Crippen LogP contribution in [-0.2, 0) is 9.59 Å². The summed E-state index contributed by atoms with van der Waals surface area (Å²) in [5, 5.41) is 6.81. The Morgan fingerprint density at radius 3 is 2.47 bits per heavy atom. The van der Waals surface area contributed by atoms with Gasteiger partial charge in [0.25, 0.3) is 0 Å². The molecule has 3 rings (SSSR count). The molecule has 1 aromatic heterocycles. The Labute approximate surface area is 205 Å². The standard InChI is InChI=1S/C23H26N4O2S.2ClH/c24-18-9-11-20(12-10-18)30-16-23(29)25-13-5-1-2-8-22(28)27-19-14-17-6-3-4-7-21(17)26-15-19;;/h3-4,6-7,9-12,14-15H,1-2,5,8,13,16,24H2,(H,25,29)(H,27,28);2*1H. The molecular formula is C23H28Cl2N4O2S. The number of nitrogens with one attached hydrogen (secondary N) is 2. The van der Waals surface area contributed by atoms with Gasteiger partial charge in [-0.2, -0.15) is 0 Å². The van der Waals surface area contributed by atoms with Gasteiger partial charge < -0.3 is 16.4 Å². The molecule has 172 valence electrons. The highest BCUT2D eigenvalue weighted by Gasteiger charge is 2.05. The van der Waals surface area contributed by atoms with Gasteiger partial charge in [-0.25, -0.2) is 0 Å². The van der Waals surface area contributed by atoms with Gasteiger partial charge in [-0.15, -0.1) is 36.6 Å². The number of rotatable bonds is 10. The molecular weight excluding hydrogens is 467 g/mol. The van der Waals surface area contributed by atoms with Crippen molar-refractivity contribution in [3.05, 3.63) is 60.8 Å². The maximum absolute atomic E-state index is 12.1. The third-order valence-corrected chi connectivity index (χ3v) is 5.54. The molecule has 0 aliphatic heterocycles. The zero-order valence-electron chi connectivity index (χ0n) is 17.6. The number of nitrogens with two attached hydrogens (primary N) is 1. The van der Waals surface area contributed by atoms with Crippen molar-refractivity contribution >= 4 is 70.7 Å². The third kappa shape index (κ3) is 9.34. The van der Waals surface area contributed by atoms with Gasteiger partial charge in [0.2, 0.25) is 11.8 Å². The van der Waals surface area contributed by atoms with E-state index in [0.717, 1.165) is 35.1 Å². The Kier molecular flexibility index (Phi) is 12.5. The molecule has 6 nitrogen and oxygen atoms in total. The van der Waals surface area contributed by atoms with Crippen LogP contribution in [0.25, 0.3) is 10.9 Å². The van der Waals surface area contributed by atoms with Crippen LogP contribution in [0.15, 0.2) is 65.7 Å². The molecule has 1 heterocycles. The van der Waals surface area contributed by atoms with Crippen LogP contribution in [0.3, 0.4) is 0 Å². The lowest BCUT2D eigenvalue weighted by Crippen LogP contribution is -2.26. The summed E-state index contributed by atoms with van der Waals surface area (Å²) < 4.78 is 0. The molecule has 9 heteroatoms. The highest BCUT2D eigenvalue weighted by Crippen LogP contribution is 2.19. The number of anilines is 2. The lowest BCUT2D eigenvalue weighted by molar-refractivity contribution is -0.118. The molecule has 32 heavy (non-hydrogen) atoms. The van der Waals surface area contributed by atoms with E-state index < -0.39 is 0 Å². The lowest BCUT2D eigenvalue weighted by atomic mass is 10.1. The Morgan fingerprint density at radius 1 is 0.938 bits per heavy atom. The number of halogens is 2. The summed E-state index contributed by atoms with van der Waals surface area (Å²) in [7, 11) is 0. The van der Waals surface area contributed by atoms with Crippen molar-refractivity contribution in [1.82, 2.24) is 10.3 Å². The molecule has 2 amide bonds. The number of aromatic nitrogens is 1. The monoisotopic (exact) mass is 494 g/mol. The Morgan fingerprint density at radius 2 is 1.69 bits per heavy atom. The van der Waals surface area contributed by atoms with E-state index in [1.165, 1.54) is 11.8 Å². The van der Waals surface area contributed by atoms with E-state index in [1.807, 2.05) is 54.6 Å². The van der Waals surface area contributed by atoms with Crippen LogP contribution in [0.1, 0.15) is 25.7 Å². The number of carbonyl (C=O) groups excluding carboxylic acids is 2. The van der Waals surface area contributed by atoms with E-state index in [4.69, 9.17) is 5.73 Å². The Balaban J connectivity index is 0.00000256. The fourth-order valence-electron chi connectivity index (χ4n) is 2.94. The predicted octanol–water partition coefficient (Wildman–Crippen LogP) is 5.07. The molecule has 3 aromatic rings. The fraction of sp³-hybridized carbons (Fsp3) is 0.261. The number of amides is 2. The second kappa shape index (κ2) is 14.6. The molecule has 0 fully saturated rings. The number of hydrogen-bond donors (Lipinski definition) is 3. The highest BCUT2D eigenvalue weighted by molar-refractivity contribution is 8.00. The first-order valence-electron chi connectivity index (χ1n) is 10.00. The van der Waals surface area contributed by atoms with Gasteiger partial charge in [-0.3, -0.25) is 14.6 Å². The van der Waals surface area contributed by atoms with Crippen molar-refractivity contribution in [2.24, 2.45) is 0 Å². The lowest BCUT2D eigenvalue weighted by Gasteiger charge is -2.07. The third-order valence-electron chi connectivity index (χ3n) is 4.53.